The summed E-state index contributed by atoms with van der Waals surface area (Å²) in [5.74, 6) is 0.706. The third-order valence-electron chi connectivity index (χ3n) is 7.53. The van der Waals surface area contributed by atoms with Crippen LogP contribution in [0, 0.1) is 0 Å². The summed E-state index contributed by atoms with van der Waals surface area (Å²) in [5.41, 5.74) is 8.14. The van der Waals surface area contributed by atoms with Crippen LogP contribution in [0.2, 0.25) is 0 Å². The minimum atomic E-state index is 0.706. The Bertz CT molecular complexity index is 2140. The van der Waals surface area contributed by atoms with Gasteiger partial charge < -0.3 is 0 Å². The SMILES string of the molecule is c1ccc(-c2cc(-c3ccccc3)nc(-c3cccc(-c4ccc5c(c4)ncc4sc6ccccc6c45)c3)n2)cc1. The summed E-state index contributed by atoms with van der Waals surface area (Å²) >= 11 is 1.80. The Balaban J connectivity index is 1.25. The highest BCUT2D eigenvalue weighted by molar-refractivity contribution is 7.26. The van der Waals surface area contributed by atoms with E-state index in [-0.39, 0.29) is 0 Å². The quantitative estimate of drug-likeness (QED) is 0.222. The Kier molecular flexibility index (Phi) is 5.64. The van der Waals surface area contributed by atoms with Crippen LogP contribution in [-0.2, 0) is 0 Å². The van der Waals surface area contributed by atoms with Gasteiger partial charge in [0.2, 0.25) is 0 Å². The van der Waals surface area contributed by atoms with Gasteiger partial charge in [-0.2, -0.15) is 0 Å². The number of aromatic nitrogens is 3. The molecule has 3 nitrogen and oxygen atoms in total. The number of thiophene rings is 1. The lowest BCUT2D eigenvalue weighted by Gasteiger charge is -2.11. The number of benzene rings is 5. The predicted molar refractivity (Wildman–Crippen MR) is 172 cm³/mol. The third-order valence-corrected chi connectivity index (χ3v) is 8.64. The van der Waals surface area contributed by atoms with E-state index < -0.39 is 0 Å². The molecule has 4 heteroatoms. The molecule has 0 aliphatic carbocycles. The molecule has 0 spiro atoms. The van der Waals surface area contributed by atoms with Crippen LogP contribution >= 0.6 is 11.3 Å². The van der Waals surface area contributed by atoms with Crippen LogP contribution in [0.25, 0.3) is 76.1 Å². The van der Waals surface area contributed by atoms with Crippen molar-refractivity contribution in [1.82, 2.24) is 15.0 Å². The van der Waals surface area contributed by atoms with Crippen molar-refractivity contribution in [2.24, 2.45) is 0 Å². The monoisotopic (exact) mass is 541 g/mol. The number of rotatable bonds is 4. The van der Waals surface area contributed by atoms with Gasteiger partial charge in [-0.25, -0.2) is 9.97 Å². The molecule has 8 rings (SSSR count). The number of hydrogen-bond acceptors (Lipinski definition) is 4. The fraction of sp³-hybridized carbons (Fsp3) is 0. The lowest BCUT2D eigenvalue weighted by molar-refractivity contribution is 1.18. The summed E-state index contributed by atoms with van der Waals surface area (Å²) in [6.45, 7) is 0. The van der Waals surface area contributed by atoms with E-state index in [1.54, 1.807) is 11.3 Å². The highest BCUT2D eigenvalue weighted by atomic mass is 32.1. The van der Waals surface area contributed by atoms with Crippen molar-refractivity contribution in [3.8, 4) is 45.0 Å². The van der Waals surface area contributed by atoms with Crippen molar-refractivity contribution in [2.45, 2.75) is 0 Å². The molecule has 5 aromatic carbocycles. The lowest BCUT2D eigenvalue weighted by Crippen LogP contribution is -1.96. The van der Waals surface area contributed by atoms with E-state index in [9.17, 15) is 0 Å². The number of nitrogens with zero attached hydrogens (tertiary/aromatic N) is 3. The fourth-order valence-electron chi connectivity index (χ4n) is 5.52. The molecule has 0 aliphatic heterocycles. The molecule has 0 bridgehead atoms. The van der Waals surface area contributed by atoms with Crippen molar-refractivity contribution in [2.75, 3.05) is 0 Å². The van der Waals surface area contributed by atoms with Gasteiger partial charge in [0.05, 0.1) is 21.6 Å². The van der Waals surface area contributed by atoms with Gasteiger partial charge in [0, 0.05) is 43.7 Å². The van der Waals surface area contributed by atoms with E-state index in [4.69, 9.17) is 15.0 Å². The minimum absolute atomic E-state index is 0.706. The van der Waals surface area contributed by atoms with Gasteiger partial charge in [0.1, 0.15) is 0 Å². The molecule has 0 amide bonds. The van der Waals surface area contributed by atoms with Crippen LogP contribution < -0.4 is 0 Å². The van der Waals surface area contributed by atoms with Crippen molar-refractivity contribution in [3.05, 3.63) is 140 Å². The van der Waals surface area contributed by atoms with Crippen molar-refractivity contribution >= 4 is 42.4 Å². The topological polar surface area (TPSA) is 38.7 Å². The Morgan fingerprint density at radius 1 is 0.439 bits per heavy atom. The number of fused-ring (bicyclic) bond motifs is 5. The Hall–Kier alpha value is -5.19. The van der Waals surface area contributed by atoms with Crippen LogP contribution in [0.1, 0.15) is 0 Å². The van der Waals surface area contributed by atoms with Gasteiger partial charge >= 0.3 is 0 Å². The summed E-state index contributed by atoms with van der Waals surface area (Å²) in [7, 11) is 0. The summed E-state index contributed by atoms with van der Waals surface area (Å²) in [4.78, 5) is 14.9. The Morgan fingerprint density at radius 2 is 1.07 bits per heavy atom. The molecule has 0 unspecified atom stereocenters. The van der Waals surface area contributed by atoms with Gasteiger partial charge in [0.15, 0.2) is 5.82 Å². The molecule has 192 valence electrons. The van der Waals surface area contributed by atoms with Crippen LogP contribution in [0.3, 0.4) is 0 Å². The maximum atomic E-state index is 5.02. The second-order valence-electron chi connectivity index (χ2n) is 10.1. The summed E-state index contributed by atoms with van der Waals surface area (Å²) in [5, 5.41) is 3.76. The maximum absolute atomic E-state index is 5.02. The lowest BCUT2D eigenvalue weighted by atomic mass is 9.99. The van der Waals surface area contributed by atoms with Gasteiger partial charge in [-0.3, -0.25) is 4.98 Å². The van der Waals surface area contributed by atoms with Gasteiger partial charge in [-0.05, 0) is 35.4 Å². The largest absolute Gasteiger partial charge is 0.255 e. The van der Waals surface area contributed by atoms with E-state index >= 15 is 0 Å². The van der Waals surface area contributed by atoms with Gasteiger partial charge in [-0.1, -0.05) is 109 Å². The van der Waals surface area contributed by atoms with E-state index in [1.807, 2.05) is 42.6 Å². The first-order chi connectivity index (χ1) is 20.3. The van der Waals surface area contributed by atoms with E-state index in [1.165, 1.54) is 25.6 Å². The van der Waals surface area contributed by atoms with Crippen LogP contribution in [0.5, 0.6) is 0 Å². The number of pyridine rings is 1. The van der Waals surface area contributed by atoms with Gasteiger partial charge in [0.25, 0.3) is 0 Å². The molecule has 0 saturated carbocycles. The minimum Gasteiger partial charge on any atom is -0.255 e. The van der Waals surface area contributed by atoms with E-state index in [2.05, 4.69) is 97.1 Å². The average Bonchev–Trinajstić information content (AvgIpc) is 3.44. The predicted octanol–water partition coefficient (Wildman–Crippen LogP) is 10.1. The second kappa shape index (κ2) is 9.77. The smallest absolute Gasteiger partial charge is 0.160 e. The zero-order chi connectivity index (χ0) is 27.2. The first-order valence-corrected chi connectivity index (χ1v) is 14.4. The van der Waals surface area contributed by atoms with Crippen molar-refractivity contribution < 1.29 is 0 Å². The number of hydrogen-bond donors (Lipinski definition) is 0. The van der Waals surface area contributed by atoms with Crippen LogP contribution in [0.4, 0.5) is 0 Å². The van der Waals surface area contributed by atoms with Crippen LogP contribution in [0.15, 0.2) is 140 Å². The van der Waals surface area contributed by atoms with Crippen molar-refractivity contribution in [1.29, 1.82) is 0 Å². The maximum Gasteiger partial charge on any atom is 0.160 e. The molecular weight excluding hydrogens is 518 g/mol. The normalized spacial score (nSPS) is 11.4. The molecule has 3 heterocycles. The molecule has 0 aliphatic rings. The summed E-state index contributed by atoms with van der Waals surface area (Å²) in [6, 6.07) is 46.3. The molecule has 41 heavy (non-hydrogen) atoms. The molecule has 0 atom stereocenters. The third kappa shape index (κ3) is 4.26. The Morgan fingerprint density at radius 3 is 1.83 bits per heavy atom. The van der Waals surface area contributed by atoms with Crippen LogP contribution in [-0.4, -0.2) is 15.0 Å². The Labute approximate surface area is 241 Å². The summed E-state index contributed by atoms with van der Waals surface area (Å²) in [6.07, 6.45) is 2.01. The van der Waals surface area contributed by atoms with Gasteiger partial charge in [-0.15, -0.1) is 11.3 Å². The van der Waals surface area contributed by atoms with E-state index in [0.717, 1.165) is 44.7 Å². The fourth-order valence-corrected chi connectivity index (χ4v) is 6.61. The summed E-state index contributed by atoms with van der Waals surface area (Å²) < 4.78 is 2.51. The first-order valence-electron chi connectivity index (χ1n) is 13.6. The van der Waals surface area contributed by atoms with Crippen molar-refractivity contribution in [3.63, 3.8) is 0 Å². The molecule has 0 N–H and O–H groups in total. The highest BCUT2D eigenvalue weighted by Gasteiger charge is 2.13. The zero-order valence-electron chi connectivity index (χ0n) is 22.0. The molecule has 0 fully saturated rings. The van der Waals surface area contributed by atoms with E-state index in [0.29, 0.717) is 5.82 Å². The molecule has 0 saturated heterocycles. The highest BCUT2D eigenvalue weighted by Crippen LogP contribution is 2.38. The molecule has 0 radical (unpaired) electrons. The molecule has 8 aromatic rings. The standard InChI is InChI=1S/C37H23N3S/c1-3-10-24(11-4-1)31-22-32(25-12-5-2-6-13-25)40-37(39-31)28-15-9-14-26(20-28)27-18-19-29-33(21-27)38-23-35-36(29)30-16-7-8-17-34(30)41-35/h1-23H. The zero-order valence-corrected chi connectivity index (χ0v) is 22.8. The first kappa shape index (κ1) is 23.7. The molecular formula is C37H23N3S. The second-order valence-corrected chi connectivity index (χ2v) is 11.2. The average molecular weight is 542 g/mol. The molecule has 3 aromatic heterocycles.